The minimum Gasteiger partial charge on any atom is -0.383 e. The first-order valence-electron chi connectivity index (χ1n) is 8.22. The highest BCUT2D eigenvalue weighted by Crippen LogP contribution is 2.25. The van der Waals surface area contributed by atoms with Crippen molar-refractivity contribution in [3.05, 3.63) is 23.4 Å². The number of aliphatic imine (C=N–C) groups is 1. The van der Waals surface area contributed by atoms with Crippen molar-refractivity contribution in [3.63, 3.8) is 0 Å². The lowest BCUT2D eigenvalue weighted by Crippen LogP contribution is -2.47. The Hall–Kier alpha value is -1.33. The minimum atomic E-state index is -0.103. The summed E-state index contributed by atoms with van der Waals surface area (Å²) in [4.78, 5) is 22.4. The Bertz CT molecular complexity index is 604. The van der Waals surface area contributed by atoms with Gasteiger partial charge in [0.05, 0.1) is 18.2 Å². The number of anilines is 1. The van der Waals surface area contributed by atoms with Crippen LogP contribution in [0.3, 0.4) is 0 Å². The molecular formula is C16H26ClIN6O2. The molecule has 1 aliphatic heterocycles. The summed E-state index contributed by atoms with van der Waals surface area (Å²) < 4.78 is 4.89. The van der Waals surface area contributed by atoms with Gasteiger partial charge in [0.25, 0.3) is 0 Å². The Morgan fingerprint density at radius 3 is 3.00 bits per heavy atom. The highest BCUT2D eigenvalue weighted by atomic mass is 127. The second-order valence-electron chi connectivity index (χ2n) is 5.65. The van der Waals surface area contributed by atoms with E-state index >= 15 is 0 Å². The number of nitrogens with one attached hydrogen (secondary N) is 3. The van der Waals surface area contributed by atoms with Crippen LogP contribution in [0.5, 0.6) is 0 Å². The van der Waals surface area contributed by atoms with Crippen LogP contribution in [0, 0.1) is 0 Å². The lowest BCUT2D eigenvalue weighted by atomic mass is 10.3. The van der Waals surface area contributed by atoms with Crippen molar-refractivity contribution in [1.29, 1.82) is 0 Å². The number of hydrogen-bond donors (Lipinski definition) is 3. The number of methoxy groups -OCH3 is 1. The van der Waals surface area contributed by atoms with Gasteiger partial charge < -0.3 is 25.6 Å². The molecule has 0 bridgehead atoms. The molecule has 1 aromatic heterocycles. The molecule has 8 nitrogen and oxygen atoms in total. The van der Waals surface area contributed by atoms with Gasteiger partial charge in [-0.05, 0) is 18.6 Å². The van der Waals surface area contributed by atoms with E-state index in [0.29, 0.717) is 24.1 Å². The van der Waals surface area contributed by atoms with Gasteiger partial charge in [0, 0.05) is 46.0 Å². The molecule has 26 heavy (non-hydrogen) atoms. The highest BCUT2D eigenvalue weighted by Gasteiger charge is 2.25. The quantitative estimate of drug-likeness (QED) is 0.225. The normalized spacial score (nSPS) is 16.8. The Balaban J connectivity index is 0.00000338. The van der Waals surface area contributed by atoms with E-state index in [0.717, 1.165) is 25.3 Å². The molecular weight excluding hydrogens is 471 g/mol. The van der Waals surface area contributed by atoms with Gasteiger partial charge in [0.2, 0.25) is 5.91 Å². The van der Waals surface area contributed by atoms with Crippen LogP contribution < -0.4 is 20.9 Å². The van der Waals surface area contributed by atoms with Gasteiger partial charge in [-0.15, -0.1) is 24.0 Å². The largest absolute Gasteiger partial charge is 0.383 e. The van der Waals surface area contributed by atoms with Crippen LogP contribution in [-0.2, 0) is 9.53 Å². The minimum absolute atomic E-state index is 0. The van der Waals surface area contributed by atoms with Crippen LogP contribution in [0.2, 0.25) is 5.02 Å². The van der Waals surface area contributed by atoms with E-state index in [9.17, 15) is 4.79 Å². The molecule has 0 aliphatic carbocycles. The standard InChI is InChI=1S/C16H25ClN6O2.HI/c1-18-16(21-10-14(24)19-7-9-25-2)22-12-5-8-23(11-12)15-13(17)4-3-6-20-15;/h3-4,6,12H,5,7-11H2,1-2H3,(H,19,24)(H2,18,21,22);1H. The zero-order valence-corrected chi connectivity index (χ0v) is 18.1. The zero-order chi connectivity index (χ0) is 18.1. The molecule has 1 amide bonds. The molecule has 1 aliphatic rings. The lowest BCUT2D eigenvalue weighted by molar-refractivity contribution is -0.120. The molecule has 1 unspecified atom stereocenters. The molecule has 1 fully saturated rings. The maximum Gasteiger partial charge on any atom is 0.239 e. The maximum absolute atomic E-state index is 11.7. The summed E-state index contributed by atoms with van der Waals surface area (Å²) in [7, 11) is 3.28. The average molecular weight is 497 g/mol. The number of hydrogen-bond acceptors (Lipinski definition) is 5. The molecule has 2 heterocycles. The average Bonchev–Trinajstić information content (AvgIpc) is 3.07. The number of amides is 1. The lowest BCUT2D eigenvalue weighted by Gasteiger charge is -2.20. The van der Waals surface area contributed by atoms with Gasteiger partial charge in [-0.1, -0.05) is 11.6 Å². The predicted octanol–water partition coefficient (Wildman–Crippen LogP) is 0.859. The summed E-state index contributed by atoms with van der Waals surface area (Å²) in [6.45, 7) is 2.78. The zero-order valence-electron chi connectivity index (χ0n) is 15.0. The van der Waals surface area contributed by atoms with Gasteiger partial charge in [0.15, 0.2) is 5.96 Å². The van der Waals surface area contributed by atoms with Gasteiger partial charge in [0.1, 0.15) is 5.82 Å². The summed E-state index contributed by atoms with van der Waals surface area (Å²) in [6, 6.07) is 3.87. The Morgan fingerprint density at radius 1 is 1.50 bits per heavy atom. The number of pyridine rings is 1. The number of carbonyl (C=O) groups excluding carboxylic acids is 1. The predicted molar refractivity (Wildman–Crippen MR) is 115 cm³/mol. The van der Waals surface area contributed by atoms with Crippen molar-refractivity contribution in [3.8, 4) is 0 Å². The number of guanidine groups is 1. The van der Waals surface area contributed by atoms with Gasteiger partial charge in [-0.2, -0.15) is 0 Å². The monoisotopic (exact) mass is 496 g/mol. The fourth-order valence-electron chi connectivity index (χ4n) is 2.59. The van der Waals surface area contributed by atoms with E-state index in [1.807, 2.05) is 12.1 Å². The second-order valence-corrected chi connectivity index (χ2v) is 6.06. The molecule has 0 saturated carbocycles. The van der Waals surface area contributed by atoms with Crippen LogP contribution in [-0.4, -0.2) is 69.8 Å². The fourth-order valence-corrected chi connectivity index (χ4v) is 2.83. The number of nitrogens with zero attached hydrogens (tertiary/aromatic N) is 3. The molecule has 10 heteroatoms. The summed E-state index contributed by atoms with van der Waals surface area (Å²) >= 11 is 6.21. The number of aromatic nitrogens is 1. The summed E-state index contributed by atoms with van der Waals surface area (Å²) in [5.74, 6) is 1.29. The third kappa shape index (κ3) is 7.12. The third-order valence-corrected chi connectivity index (χ3v) is 4.13. The van der Waals surface area contributed by atoms with Crippen molar-refractivity contribution in [2.24, 2.45) is 4.99 Å². The summed E-state index contributed by atoms with van der Waals surface area (Å²) in [6.07, 6.45) is 2.68. The first-order chi connectivity index (χ1) is 12.1. The van der Waals surface area contributed by atoms with Crippen LogP contribution in [0.25, 0.3) is 0 Å². The van der Waals surface area contributed by atoms with Crippen LogP contribution in [0.4, 0.5) is 5.82 Å². The first-order valence-corrected chi connectivity index (χ1v) is 8.60. The molecule has 0 radical (unpaired) electrons. The van der Waals surface area contributed by atoms with Crippen LogP contribution in [0.1, 0.15) is 6.42 Å². The van der Waals surface area contributed by atoms with E-state index < -0.39 is 0 Å². The van der Waals surface area contributed by atoms with Gasteiger partial charge in [-0.3, -0.25) is 9.79 Å². The molecule has 0 spiro atoms. The molecule has 0 aromatic carbocycles. The van der Waals surface area contributed by atoms with Crippen molar-refractivity contribution < 1.29 is 9.53 Å². The Labute approximate surface area is 176 Å². The Morgan fingerprint density at radius 2 is 2.31 bits per heavy atom. The summed E-state index contributed by atoms with van der Waals surface area (Å²) in [5.41, 5.74) is 0. The molecule has 2 rings (SSSR count). The van der Waals surface area contributed by atoms with Crippen molar-refractivity contribution in [1.82, 2.24) is 20.9 Å². The summed E-state index contributed by atoms with van der Waals surface area (Å²) in [5, 5.41) is 9.75. The molecule has 1 saturated heterocycles. The van der Waals surface area contributed by atoms with Gasteiger partial charge >= 0.3 is 0 Å². The SMILES string of the molecule is CN=C(NCC(=O)NCCOC)NC1CCN(c2ncccc2Cl)C1.I. The van der Waals surface area contributed by atoms with E-state index in [2.05, 4.69) is 30.8 Å². The van der Waals surface area contributed by atoms with E-state index in [1.165, 1.54) is 0 Å². The van der Waals surface area contributed by atoms with Crippen molar-refractivity contribution in [2.45, 2.75) is 12.5 Å². The second kappa shape index (κ2) is 12.1. The first kappa shape index (κ1) is 22.7. The number of ether oxygens (including phenoxy) is 1. The number of carbonyl (C=O) groups is 1. The van der Waals surface area contributed by atoms with E-state index in [-0.39, 0.29) is 42.5 Å². The maximum atomic E-state index is 11.7. The van der Waals surface area contributed by atoms with Crippen LogP contribution >= 0.6 is 35.6 Å². The topological polar surface area (TPSA) is 90.9 Å². The molecule has 1 atom stereocenters. The molecule has 146 valence electrons. The number of halogens is 2. The molecule has 1 aromatic rings. The van der Waals surface area contributed by atoms with E-state index in [1.54, 1.807) is 20.4 Å². The van der Waals surface area contributed by atoms with Crippen molar-refractivity contribution in [2.75, 3.05) is 51.8 Å². The van der Waals surface area contributed by atoms with Crippen molar-refractivity contribution >= 4 is 53.3 Å². The smallest absolute Gasteiger partial charge is 0.239 e. The van der Waals surface area contributed by atoms with E-state index in [4.69, 9.17) is 16.3 Å². The fraction of sp³-hybridized carbons (Fsp3) is 0.562. The van der Waals surface area contributed by atoms with Gasteiger partial charge in [-0.25, -0.2) is 4.98 Å². The third-order valence-electron chi connectivity index (χ3n) is 3.84. The van der Waals surface area contributed by atoms with Crippen LogP contribution in [0.15, 0.2) is 23.3 Å². The highest BCUT2D eigenvalue weighted by molar-refractivity contribution is 14.0. The molecule has 3 N–H and O–H groups in total. The Kier molecular flexibility index (Phi) is 10.6. The number of rotatable bonds is 7.